The lowest BCUT2D eigenvalue weighted by molar-refractivity contribution is -0.124. The average molecular weight is 1860 g/mol. The maximum absolute atomic E-state index is 12.5. The van der Waals surface area contributed by atoms with Crippen LogP contribution in [0.4, 0.5) is 0 Å². The molecule has 0 bridgehead atoms. The first kappa shape index (κ1) is 103. The molecule has 0 amide bonds. The van der Waals surface area contributed by atoms with Crippen LogP contribution in [0.5, 0.6) is 34.5 Å². The molecule has 708 valence electrons. The Bertz CT molecular complexity index is 7020. The minimum Gasteiger partial charge on any atom is -0.511 e. The molecular formula is C107H106O29. The topological polar surface area (TPSA) is 486 Å². The fraction of sp³-hybridized carbons (Fsp3) is 0.299. The number of rotatable bonds is 17. The van der Waals surface area contributed by atoms with Gasteiger partial charge in [-0.15, -0.1) is 13.2 Å². The third-order valence-electron chi connectivity index (χ3n) is 23.0. The molecule has 29 heteroatoms. The molecule has 17 rings (SSSR count). The van der Waals surface area contributed by atoms with Crippen LogP contribution in [0.15, 0.2) is 261 Å². The van der Waals surface area contributed by atoms with Crippen LogP contribution in [-0.4, -0.2) is 94.4 Å². The number of hydrogen-bond donors (Lipinski definition) is 7. The summed E-state index contributed by atoms with van der Waals surface area (Å²) in [5.41, 5.74) is -0.682. The van der Waals surface area contributed by atoms with Crippen LogP contribution in [0, 0.1) is 43.4 Å². The van der Waals surface area contributed by atoms with Crippen LogP contribution in [0.3, 0.4) is 0 Å². The highest BCUT2D eigenvalue weighted by molar-refractivity contribution is 6.22. The number of ketones is 9. The van der Waals surface area contributed by atoms with Crippen LogP contribution in [0.25, 0.3) is 49.6 Å². The Morgan fingerprint density at radius 2 is 0.853 bits per heavy atom. The van der Waals surface area contributed by atoms with Gasteiger partial charge >= 0.3 is 33.8 Å². The number of aliphatic hydroxyl groups excluding tert-OH is 2. The molecular weight excluding hydrogens is 1750 g/mol. The van der Waals surface area contributed by atoms with Crippen molar-refractivity contribution >= 4 is 102 Å². The summed E-state index contributed by atoms with van der Waals surface area (Å²) in [7, 11) is 0. The van der Waals surface area contributed by atoms with E-state index in [1.165, 1.54) is 26.0 Å². The normalized spacial score (nSPS) is 14.4. The molecule has 7 heterocycles. The number of aromatic hydroxyl groups is 5. The number of carbonyl (C=O) groups is 9. The van der Waals surface area contributed by atoms with Gasteiger partial charge in [-0.3, -0.25) is 43.2 Å². The van der Waals surface area contributed by atoms with Gasteiger partial charge in [0.15, 0.2) is 51.8 Å². The van der Waals surface area contributed by atoms with Crippen molar-refractivity contribution in [1.29, 1.82) is 0 Å². The van der Waals surface area contributed by atoms with Gasteiger partial charge in [0.05, 0.1) is 39.6 Å². The van der Waals surface area contributed by atoms with Crippen LogP contribution in [0.1, 0.15) is 241 Å². The molecule has 5 aliphatic rings. The fourth-order valence-electron chi connectivity index (χ4n) is 15.7. The van der Waals surface area contributed by atoms with Crippen LogP contribution < -0.4 is 38.5 Å². The largest absolute Gasteiger partial charge is 0.511 e. The molecule has 1 unspecified atom stereocenters. The van der Waals surface area contributed by atoms with Gasteiger partial charge in [0.25, 0.3) is 0 Å². The van der Waals surface area contributed by atoms with Gasteiger partial charge in [0, 0.05) is 78.2 Å². The van der Waals surface area contributed by atoms with Gasteiger partial charge in [-0.1, -0.05) is 182 Å². The van der Waals surface area contributed by atoms with E-state index in [9.17, 15) is 108 Å². The minimum absolute atomic E-state index is 0.0428. The summed E-state index contributed by atoms with van der Waals surface area (Å²) in [6.07, 6.45) is 13.9. The predicted molar refractivity (Wildman–Crippen MR) is 508 cm³/mol. The van der Waals surface area contributed by atoms with E-state index in [1.807, 2.05) is 44.2 Å². The molecule has 3 fully saturated rings. The summed E-state index contributed by atoms with van der Waals surface area (Å²) in [4.78, 5) is 177. The van der Waals surface area contributed by atoms with E-state index in [0.29, 0.717) is 100 Å². The summed E-state index contributed by atoms with van der Waals surface area (Å²) in [5, 5.41) is 71.0. The zero-order valence-electron chi connectivity index (χ0n) is 76.5. The molecule has 0 spiro atoms. The quantitative estimate of drug-likeness (QED) is 0.0111. The Morgan fingerprint density at radius 1 is 0.449 bits per heavy atom. The molecule has 12 aromatic rings. The average Bonchev–Trinajstić information content (AvgIpc) is 0.925. The number of allylic oxidation sites excluding steroid dienone is 5. The van der Waals surface area contributed by atoms with E-state index >= 15 is 0 Å². The van der Waals surface area contributed by atoms with E-state index in [1.54, 1.807) is 155 Å². The highest BCUT2D eigenvalue weighted by Gasteiger charge is 2.35. The Balaban J connectivity index is 0.000000161. The van der Waals surface area contributed by atoms with Gasteiger partial charge in [0.1, 0.15) is 108 Å². The Kier molecular flexibility index (Phi) is 35.6. The summed E-state index contributed by atoms with van der Waals surface area (Å²) in [6.45, 7) is 21.3. The molecule has 0 saturated heterocycles. The summed E-state index contributed by atoms with van der Waals surface area (Å²) < 4.78 is 35.5. The number of hydrogen-bond acceptors (Lipinski definition) is 29. The number of benzene rings is 6. The molecule has 4 aliphatic carbocycles. The van der Waals surface area contributed by atoms with Crippen molar-refractivity contribution in [1.82, 2.24) is 0 Å². The van der Waals surface area contributed by atoms with Crippen molar-refractivity contribution in [2.24, 2.45) is 29.6 Å². The van der Waals surface area contributed by atoms with Crippen molar-refractivity contribution in [3.05, 3.63) is 330 Å². The summed E-state index contributed by atoms with van der Waals surface area (Å²) >= 11 is 0. The van der Waals surface area contributed by atoms with Crippen LogP contribution in [0.2, 0.25) is 0 Å². The number of carbonyl (C=O) groups excluding carboxylic acids is 9. The number of aliphatic hydroxyl groups is 2. The second-order valence-corrected chi connectivity index (χ2v) is 33.8. The zero-order valence-corrected chi connectivity index (χ0v) is 76.5. The van der Waals surface area contributed by atoms with Crippen molar-refractivity contribution in [2.45, 2.75) is 171 Å². The Morgan fingerprint density at radius 3 is 1.31 bits per heavy atom. The van der Waals surface area contributed by atoms with Crippen molar-refractivity contribution < 1.29 is 110 Å². The highest BCUT2D eigenvalue weighted by Crippen LogP contribution is 2.38. The summed E-state index contributed by atoms with van der Waals surface area (Å²) in [6, 6.07) is 45.5. The van der Waals surface area contributed by atoms with Gasteiger partial charge < -0.3 is 67.0 Å². The Hall–Kier alpha value is -15.6. The number of Topliss-reactive ketones (excluding diaryl/α,β-unsaturated/α-hetero) is 8. The predicted octanol–water partition coefficient (Wildman–Crippen LogP) is 19.8. The van der Waals surface area contributed by atoms with Crippen molar-refractivity contribution in [3.63, 3.8) is 0 Å². The van der Waals surface area contributed by atoms with Gasteiger partial charge in [-0.2, -0.15) is 0 Å². The van der Waals surface area contributed by atoms with Crippen molar-refractivity contribution in [3.8, 4) is 34.5 Å². The lowest BCUT2D eigenvalue weighted by Gasteiger charge is -2.21. The maximum atomic E-state index is 12.5. The molecule has 29 nitrogen and oxygen atoms in total. The fourth-order valence-corrected chi connectivity index (χ4v) is 15.7. The van der Waals surface area contributed by atoms with Gasteiger partial charge in [-0.25, -0.2) is 28.8 Å². The molecule has 0 radical (unpaired) electrons. The monoisotopic (exact) mass is 1850 g/mol. The number of fused-ring (bicyclic) bond motifs is 7. The Labute approximate surface area is 779 Å². The molecule has 6 aromatic heterocycles. The third kappa shape index (κ3) is 25.0. The highest BCUT2D eigenvalue weighted by atomic mass is 16.5. The second-order valence-electron chi connectivity index (χ2n) is 33.8. The van der Waals surface area contributed by atoms with Gasteiger partial charge in [-0.05, 0) is 133 Å². The summed E-state index contributed by atoms with van der Waals surface area (Å²) in [5.74, 6) is -3.77. The van der Waals surface area contributed by atoms with Gasteiger partial charge in [0.2, 0.25) is 5.78 Å². The number of ether oxygens (including phenoxy) is 1. The molecule has 3 saturated carbocycles. The van der Waals surface area contributed by atoms with Crippen LogP contribution >= 0.6 is 0 Å². The molecule has 1 atom stereocenters. The van der Waals surface area contributed by atoms with E-state index < -0.39 is 51.1 Å². The van der Waals surface area contributed by atoms with E-state index in [0.717, 1.165) is 80.9 Å². The lowest BCUT2D eigenvalue weighted by atomic mass is 9.84. The maximum Gasteiger partial charge on any atom is 0.351 e. The second kappa shape index (κ2) is 47.2. The third-order valence-corrected chi connectivity index (χ3v) is 23.0. The van der Waals surface area contributed by atoms with E-state index in [-0.39, 0.29) is 173 Å². The lowest BCUT2D eigenvalue weighted by Crippen LogP contribution is -2.30. The van der Waals surface area contributed by atoms with Crippen molar-refractivity contribution in [2.75, 3.05) is 6.61 Å². The minimum atomic E-state index is -0.838. The SMILES string of the molecule is C=C(C)CCC(=O)c1c(O)cc(C)oc1=O.C=CCCC(=O)c1c(O)cc(C)oc1=O.CC(C)C(=O)C1=C(O)c2ccccc2CC1.CC(C)C(O)=C1C(=O)CCCC1=O.CC1COc2c(c(=O)oc3ccccc23)C1=O.O=C(c1c(O)c2ccccc2oc1=O)C1CCCC1.O=C(c1c(O)c2ccccc2oc1=O)C1CCCCC1.O=C(c1ccccc1)c1c(O)c2ccccc2oc1=O. The molecule has 1 aliphatic heterocycles. The number of para-hydroxylation sites is 4. The molecule has 7 N–H and O–H groups in total. The first-order chi connectivity index (χ1) is 64.8. The standard InChI is InChI=1S/C16H16O4.C16H10O4.C15H14O4.C14H16O2.C13H10O4.C12H14O4.C11H12O4.C10H14O3/c2*17-14(10-6-2-1-3-7-10)13-15(18)11-8-4-5-9-12(11)20-16(13)19;16-13(9-5-1-2-6-9)12-14(17)10-7-3-4-8-11(10)19-15(12)18;1-9(2)13(15)12-8-7-10-5-3-4-6-11(10)14(12)16;1-7-6-16-12-8-4-2-3-5-9(8)17-13(15)10(12)11(7)14;1-7(2)4-5-9(13)11-10(14)6-8(3)16-12(11)15;1-3-4-5-8(12)10-9(13)6-7(2)15-11(10)14;1-6(2)10(13)9-7(11)4-3-5-8(9)12/h4-5,8-10,18H,1-3,6-7H2;1-9,18H;3-4,7-9,17H,1-2,5-6H2;3-6,9,16H,7-8H2,1-2H3;2-5,7H,6H2,1H3;6,14H,1,4-5H2,2-3H3;3,6,13H,1,4-5H2,2H3;6,13H,3-5H2,1-2H3. The zero-order chi connectivity index (χ0) is 99.1. The molecule has 6 aromatic carbocycles. The number of aryl methyl sites for hydroxylation is 3. The van der Waals surface area contributed by atoms with Crippen LogP contribution in [-0.2, 0) is 20.8 Å². The first-order valence-electron chi connectivity index (χ1n) is 44.5. The van der Waals surface area contributed by atoms with E-state index in [4.69, 9.17) is 31.2 Å². The first-order valence-corrected chi connectivity index (χ1v) is 44.5. The smallest absolute Gasteiger partial charge is 0.351 e. The molecule has 136 heavy (non-hydrogen) atoms. The van der Waals surface area contributed by atoms with E-state index in [2.05, 4.69) is 13.2 Å².